The third-order valence-corrected chi connectivity index (χ3v) is 2.98. The van der Waals surface area contributed by atoms with Gasteiger partial charge in [0.1, 0.15) is 6.04 Å². The minimum atomic E-state index is -1.05. The van der Waals surface area contributed by atoms with Gasteiger partial charge in [-0.2, -0.15) is 0 Å². The maximum atomic E-state index is 13.5. The number of nitrogens with one attached hydrogen (secondary N) is 1. The predicted octanol–water partition coefficient (Wildman–Crippen LogP) is 1.91. The predicted molar refractivity (Wildman–Crippen MR) is 65.4 cm³/mol. The average molecular weight is 268 g/mol. The summed E-state index contributed by atoms with van der Waals surface area (Å²) in [6.45, 7) is 3.45. The molecule has 1 saturated heterocycles. The molecule has 0 saturated carbocycles. The van der Waals surface area contributed by atoms with Gasteiger partial charge in [0.15, 0.2) is 11.6 Å². The Morgan fingerprint density at radius 2 is 2.00 bits per heavy atom. The molecule has 1 heterocycles. The minimum absolute atomic E-state index is 0.0486. The average Bonchev–Trinajstić information content (AvgIpc) is 2.60. The molecule has 1 unspecified atom stereocenters. The summed E-state index contributed by atoms with van der Waals surface area (Å²) in [5, 5.41) is 2.59. The number of hydrogen-bond acceptors (Lipinski definition) is 3. The van der Waals surface area contributed by atoms with Gasteiger partial charge < -0.3 is 5.32 Å². The van der Waals surface area contributed by atoms with Gasteiger partial charge in [-0.1, -0.05) is 6.07 Å². The van der Waals surface area contributed by atoms with Crippen molar-refractivity contribution in [3.63, 3.8) is 0 Å². The quantitative estimate of drug-likeness (QED) is 0.852. The monoisotopic (exact) mass is 268 g/mol. The van der Waals surface area contributed by atoms with Crippen molar-refractivity contribution >= 4 is 17.5 Å². The van der Waals surface area contributed by atoms with E-state index in [1.807, 2.05) is 0 Å². The number of amides is 2. The van der Waals surface area contributed by atoms with Gasteiger partial charge in [0.25, 0.3) is 5.91 Å². The molecule has 1 aromatic rings. The first kappa shape index (κ1) is 13.5. The van der Waals surface area contributed by atoms with Crippen LogP contribution in [-0.4, -0.2) is 28.8 Å². The number of carbonyl (C=O) groups excluding carboxylic acids is 2. The van der Waals surface area contributed by atoms with Crippen LogP contribution in [0.2, 0.25) is 0 Å². The van der Waals surface area contributed by atoms with E-state index in [1.165, 1.54) is 12.1 Å². The van der Waals surface area contributed by atoms with Gasteiger partial charge >= 0.3 is 0 Å². The summed E-state index contributed by atoms with van der Waals surface area (Å²) in [5.41, 5.74) is -0.114. The molecule has 0 aliphatic carbocycles. The fourth-order valence-corrected chi connectivity index (χ4v) is 2.11. The van der Waals surface area contributed by atoms with Crippen molar-refractivity contribution in [1.29, 1.82) is 0 Å². The summed E-state index contributed by atoms with van der Waals surface area (Å²) in [6.07, 6.45) is -0.0486. The highest BCUT2D eigenvalue weighted by Crippen LogP contribution is 2.23. The molecular weight excluding hydrogens is 254 g/mol. The molecule has 6 heteroatoms. The Morgan fingerprint density at radius 1 is 1.32 bits per heavy atom. The first-order valence-corrected chi connectivity index (χ1v) is 5.98. The zero-order chi connectivity index (χ0) is 14.2. The number of imide groups is 1. The molecule has 2 rings (SSSR count). The Kier molecular flexibility index (Phi) is 3.50. The number of anilines is 1. The van der Waals surface area contributed by atoms with E-state index in [0.717, 1.165) is 11.0 Å². The van der Waals surface area contributed by atoms with E-state index in [1.54, 1.807) is 13.8 Å². The van der Waals surface area contributed by atoms with Gasteiger partial charge in [-0.3, -0.25) is 14.5 Å². The first-order valence-electron chi connectivity index (χ1n) is 5.98. The standard InChI is InChI=1S/C13H14F2N2O2/c1-7(2)17-11(18)6-10(13(17)19)16-9-5-3-4-8(14)12(9)15/h3-5,7,10,16H,6H2,1-2H3. The van der Waals surface area contributed by atoms with Crippen molar-refractivity contribution in [1.82, 2.24) is 4.90 Å². The van der Waals surface area contributed by atoms with E-state index in [4.69, 9.17) is 0 Å². The van der Waals surface area contributed by atoms with Gasteiger partial charge in [-0.15, -0.1) is 0 Å². The summed E-state index contributed by atoms with van der Waals surface area (Å²) >= 11 is 0. The Balaban J connectivity index is 2.19. The summed E-state index contributed by atoms with van der Waals surface area (Å²) < 4.78 is 26.5. The normalized spacial score (nSPS) is 19.4. The van der Waals surface area contributed by atoms with Crippen LogP contribution in [0.3, 0.4) is 0 Å². The van der Waals surface area contributed by atoms with Gasteiger partial charge in [0.05, 0.1) is 12.1 Å². The van der Waals surface area contributed by atoms with Crippen LogP contribution in [-0.2, 0) is 9.59 Å². The van der Waals surface area contributed by atoms with Gasteiger partial charge in [-0.05, 0) is 26.0 Å². The number of halogens is 2. The molecule has 1 N–H and O–H groups in total. The van der Waals surface area contributed by atoms with Crippen molar-refractivity contribution < 1.29 is 18.4 Å². The number of carbonyl (C=O) groups is 2. The third-order valence-electron chi connectivity index (χ3n) is 2.98. The molecule has 0 aromatic heterocycles. The largest absolute Gasteiger partial charge is 0.371 e. The zero-order valence-corrected chi connectivity index (χ0v) is 10.6. The highest BCUT2D eigenvalue weighted by Gasteiger charge is 2.40. The summed E-state index contributed by atoms with van der Waals surface area (Å²) in [6, 6.07) is 2.56. The summed E-state index contributed by atoms with van der Waals surface area (Å²) in [7, 11) is 0. The van der Waals surface area contributed by atoms with Crippen LogP contribution in [0.25, 0.3) is 0 Å². The zero-order valence-electron chi connectivity index (χ0n) is 10.6. The van der Waals surface area contributed by atoms with Crippen LogP contribution < -0.4 is 5.32 Å². The molecule has 1 fully saturated rings. The molecule has 0 bridgehead atoms. The van der Waals surface area contributed by atoms with Crippen LogP contribution in [0.15, 0.2) is 18.2 Å². The lowest BCUT2D eigenvalue weighted by atomic mass is 10.2. The molecule has 102 valence electrons. The van der Waals surface area contributed by atoms with Crippen LogP contribution in [0.4, 0.5) is 14.5 Å². The van der Waals surface area contributed by atoms with E-state index >= 15 is 0 Å². The number of benzene rings is 1. The highest BCUT2D eigenvalue weighted by molar-refractivity contribution is 6.07. The molecule has 1 atom stereocenters. The third kappa shape index (κ3) is 2.43. The van der Waals surface area contributed by atoms with Crippen LogP contribution in [0, 0.1) is 11.6 Å². The molecule has 1 aromatic carbocycles. The second-order valence-corrected chi connectivity index (χ2v) is 4.70. The van der Waals surface area contributed by atoms with Gasteiger partial charge in [0.2, 0.25) is 5.91 Å². The topological polar surface area (TPSA) is 49.4 Å². The lowest BCUT2D eigenvalue weighted by Gasteiger charge is -2.19. The van der Waals surface area contributed by atoms with Crippen LogP contribution in [0.5, 0.6) is 0 Å². The van der Waals surface area contributed by atoms with Gasteiger partial charge in [-0.25, -0.2) is 8.78 Å². The second kappa shape index (κ2) is 4.95. The van der Waals surface area contributed by atoms with E-state index in [9.17, 15) is 18.4 Å². The van der Waals surface area contributed by atoms with Crippen molar-refractivity contribution in [2.75, 3.05) is 5.32 Å². The fraction of sp³-hybridized carbons (Fsp3) is 0.385. The number of hydrogen-bond donors (Lipinski definition) is 1. The van der Waals surface area contributed by atoms with E-state index < -0.39 is 23.6 Å². The maximum Gasteiger partial charge on any atom is 0.252 e. The van der Waals surface area contributed by atoms with Crippen molar-refractivity contribution in [3.8, 4) is 0 Å². The number of nitrogens with zero attached hydrogens (tertiary/aromatic N) is 1. The van der Waals surface area contributed by atoms with Crippen LogP contribution in [0.1, 0.15) is 20.3 Å². The Hall–Kier alpha value is -1.98. The fourth-order valence-electron chi connectivity index (χ4n) is 2.11. The van der Waals surface area contributed by atoms with E-state index in [2.05, 4.69) is 5.32 Å². The Labute approximate surface area is 109 Å². The first-order chi connectivity index (χ1) is 8.91. The molecule has 1 aliphatic heterocycles. The number of likely N-dealkylation sites (tertiary alicyclic amines) is 1. The molecule has 2 amide bonds. The molecule has 1 aliphatic rings. The highest BCUT2D eigenvalue weighted by atomic mass is 19.2. The number of rotatable bonds is 3. The second-order valence-electron chi connectivity index (χ2n) is 4.70. The van der Waals surface area contributed by atoms with E-state index in [0.29, 0.717) is 0 Å². The molecular formula is C13H14F2N2O2. The summed E-state index contributed by atoms with van der Waals surface area (Å²) in [4.78, 5) is 24.8. The van der Waals surface area contributed by atoms with Gasteiger partial charge in [0, 0.05) is 6.04 Å². The summed E-state index contributed by atoms with van der Waals surface area (Å²) in [5.74, 6) is -2.77. The Bertz CT molecular complexity index is 531. The molecule has 19 heavy (non-hydrogen) atoms. The van der Waals surface area contributed by atoms with Crippen molar-refractivity contribution in [2.24, 2.45) is 0 Å². The smallest absolute Gasteiger partial charge is 0.252 e. The van der Waals surface area contributed by atoms with Crippen molar-refractivity contribution in [3.05, 3.63) is 29.8 Å². The Morgan fingerprint density at radius 3 is 2.58 bits per heavy atom. The lowest BCUT2D eigenvalue weighted by molar-refractivity contribution is -0.140. The lowest BCUT2D eigenvalue weighted by Crippen LogP contribution is -2.39. The van der Waals surface area contributed by atoms with Crippen molar-refractivity contribution in [2.45, 2.75) is 32.4 Å². The minimum Gasteiger partial charge on any atom is -0.371 e. The maximum absolute atomic E-state index is 13.5. The molecule has 4 nitrogen and oxygen atoms in total. The van der Waals surface area contributed by atoms with E-state index in [-0.39, 0.29) is 24.1 Å². The molecule has 0 spiro atoms. The SMILES string of the molecule is CC(C)N1C(=O)CC(Nc2cccc(F)c2F)C1=O. The molecule has 0 radical (unpaired) electrons. The van der Waals surface area contributed by atoms with Crippen LogP contribution >= 0.6 is 0 Å².